The fraction of sp³-hybridized carbons (Fsp3) is 0.353. The third kappa shape index (κ3) is 4.63. The van der Waals surface area contributed by atoms with Crippen molar-refractivity contribution in [2.45, 2.75) is 32.5 Å². The Morgan fingerprint density at radius 2 is 1.89 bits per heavy atom. The zero-order chi connectivity index (χ0) is 20.3. The van der Waals surface area contributed by atoms with E-state index in [1.807, 2.05) is 0 Å². The molecule has 0 amide bonds. The topological polar surface area (TPSA) is 81.7 Å². The van der Waals surface area contributed by atoms with Crippen LogP contribution in [0.4, 0.5) is 17.6 Å². The third-order valence-electron chi connectivity index (χ3n) is 3.50. The smallest absolute Gasteiger partial charge is 0.343 e. The first-order valence-electron chi connectivity index (χ1n) is 7.85. The van der Waals surface area contributed by atoms with E-state index in [1.54, 1.807) is 0 Å². The molecule has 0 heterocycles. The van der Waals surface area contributed by atoms with E-state index in [0.717, 1.165) is 13.1 Å². The summed E-state index contributed by atoms with van der Waals surface area (Å²) in [5.41, 5.74) is -1.81. The van der Waals surface area contributed by atoms with Gasteiger partial charge in [-0.3, -0.25) is 9.59 Å². The molecule has 1 N–H and O–H groups in total. The summed E-state index contributed by atoms with van der Waals surface area (Å²) in [5, 5.41) is 2.45. The number of esters is 2. The van der Waals surface area contributed by atoms with Crippen LogP contribution in [0.5, 0.6) is 5.75 Å². The Morgan fingerprint density at radius 1 is 1.26 bits per heavy atom. The van der Waals surface area contributed by atoms with Crippen LogP contribution in [0.15, 0.2) is 17.8 Å². The number of ketones is 1. The highest BCUT2D eigenvalue weighted by Crippen LogP contribution is 2.29. The fourth-order valence-electron chi connectivity index (χ4n) is 2.08. The summed E-state index contributed by atoms with van der Waals surface area (Å²) in [7, 11) is 0. The van der Waals surface area contributed by atoms with Crippen LogP contribution in [0.1, 0.15) is 30.6 Å². The standard InChI is InChI=1S/C17H15F4NO5/c1-3-26-17(25)9(6-22-12-5-10(12)18)15(24)8-4-11(19)14(21)16(13(8)20)27-7(2)23/h4,6,10,12,22H,3,5H2,1-2H3. The van der Waals surface area contributed by atoms with Crippen LogP contribution in [0.3, 0.4) is 0 Å². The lowest BCUT2D eigenvalue weighted by atomic mass is 10.0. The van der Waals surface area contributed by atoms with E-state index >= 15 is 0 Å². The molecule has 0 aromatic heterocycles. The Morgan fingerprint density at radius 3 is 2.41 bits per heavy atom. The second kappa shape index (κ2) is 8.19. The number of ether oxygens (including phenoxy) is 2. The fourth-order valence-corrected chi connectivity index (χ4v) is 2.08. The van der Waals surface area contributed by atoms with Crippen molar-refractivity contribution < 1.29 is 41.4 Å². The molecule has 1 saturated carbocycles. The Kier molecular flexibility index (Phi) is 6.19. The number of hydrogen-bond donors (Lipinski definition) is 1. The van der Waals surface area contributed by atoms with Crippen LogP contribution in [-0.4, -0.2) is 36.5 Å². The molecule has 1 aromatic carbocycles. The summed E-state index contributed by atoms with van der Waals surface area (Å²) in [5.74, 6) is -10.2. The number of carbonyl (C=O) groups excluding carboxylic acids is 3. The van der Waals surface area contributed by atoms with Crippen molar-refractivity contribution >= 4 is 17.7 Å². The van der Waals surface area contributed by atoms with Crippen molar-refractivity contribution in [3.63, 3.8) is 0 Å². The Labute approximate surface area is 151 Å². The van der Waals surface area contributed by atoms with Crippen LogP contribution >= 0.6 is 0 Å². The molecule has 2 rings (SSSR count). The minimum absolute atomic E-state index is 0.127. The van der Waals surface area contributed by atoms with Crippen LogP contribution in [-0.2, 0) is 14.3 Å². The zero-order valence-corrected chi connectivity index (χ0v) is 14.3. The monoisotopic (exact) mass is 389 g/mol. The maximum Gasteiger partial charge on any atom is 0.343 e. The lowest BCUT2D eigenvalue weighted by Gasteiger charge is -2.11. The molecule has 6 nitrogen and oxygen atoms in total. The van der Waals surface area contributed by atoms with Gasteiger partial charge in [0.05, 0.1) is 18.2 Å². The third-order valence-corrected chi connectivity index (χ3v) is 3.50. The Hall–Kier alpha value is -2.91. The lowest BCUT2D eigenvalue weighted by Crippen LogP contribution is -2.22. The molecule has 0 bridgehead atoms. The van der Waals surface area contributed by atoms with Gasteiger partial charge in [0.1, 0.15) is 11.7 Å². The van der Waals surface area contributed by atoms with Gasteiger partial charge >= 0.3 is 11.9 Å². The average molecular weight is 389 g/mol. The first-order chi connectivity index (χ1) is 12.7. The summed E-state index contributed by atoms with van der Waals surface area (Å²) in [6, 6.07) is -0.407. The molecule has 2 unspecified atom stereocenters. The van der Waals surface area contributed by atoms with Gasteiger partial charge in [0, 0.05) is 19.5 Å². The first-order valence-corrected chi connectivity index (χ1v) is 7.85. The molecular formula is C17H15F4NO5. The summed E-state index contributed by atoms with van der Waals surface area (Å²) in [4.78, 5) is 35.5. The van der Waals surface area contributed by atoms with E-state index < -0.39 is 64.3 Å². The van der Waals surface area contributed by atoms with Crippen molar-refractivity contribution in [3.8, 4) is 5.75 Å². The van der Waals surface area contributed by atoms with Gasteiger partial charge in [0.25, 0.3) is 0 Å². The molecular weight excluding hydrogens is 374 g/mol. The zero-order valence-electron chi connectivity index (χ0n) is 14.3. The number of hydrogen-bond acceptors (Lipinski definition) is 6. The molecule has 146 valence electrons. The molecule has 1 aromatic rings. The van der Waals surface area contributed by atoms with Crippen molar-refractivity contribution in [3.05, 3.63) is 40.9 Å². The Balaban J connectivity index is 2.45. The van der Waals surface area contributed by atoms with Crippen molar-refractivity contribution in [2.24, 2.45) is 0 Å². The van der Waals surface area contributed by atoms with Gasteiger partial charge in [0.15, 0.2) is 11.6 Å². The van der Waals surface area contributed by atoms with Crippen LogP contribution < -0.4 is 10.1 Å². The maximum absolute atomic E-state index is 14.4. The van der Waals surface area contributed by atoms with E-state index in [1.165, 1.54) is 6.92 Å². The van der Waals surface area contributed by atoms with E-state index in [4.69, 9.17) is 0 Å². The number of benzene rings is 1. The van der Waals surface area contributed by atoms with Gasteiger partial charge in [-0.15, -0.1) is 0 Å². The molecule has 2 atom stereocenters. The van der Waals surface area contributed by atoms with E-state index in [2.05, 4.69) is 14.8 Å². The van der Waals surface area contributed by atoms with E-state index in [0.29, 0.717) is 0 Å². The normalized spacial score (nSPS) is 18.7. The SMILES string of the molecule is CCOC(=O)C(=CNC1CC1F)C(=O)c1cc(F)c(F)c(OC(C)=O)c1F. The highest BCUT2D eigenvalue weighted by molar-refractivity contribution is 6.24. The summed E-state index contributed by atoms with van der Waals surface area (Å²) < 4.78 is 63.8. The predicted molar refractivity (Wildman–Crippen MR) is 83.1 cm³/mol. The quantitative estimate of drug-likeness (QED) is 0.113. The Bertz CT molecular complexity index is 824. The minimum atomic E-state index is -1.81. The molecule has 0 saturated heterocycles. The minimum Gasteiger partial charge on any atom is -0.462 e. The van der Waals surface area contributed by atoms with Crippen LogP contribution in [0, 0.1) is 17.5 Å². The predicted octanol–water partition coefficient (Wildman–Crippen LogP) is 2.36. The second-order valence-corrected chi connectivity index (χ2v) is 5.59. The number of alkyl halides is 1. The molecule has 0 radical (unpaired) electrons. The van der Waals surface area contributed by atoms with Gasteiger partial charge in [-0.1, -0.05) is 0 Å². The summed E-state index contributed by atoms with van der Waals surface area (Å²) >= 11 is 0. The highest BCUT2D eigenvalue weighted by Gasteiger charge is 2.37. The second-order valence-electron chi connectivity index (χ2n) is 5.59. The highest BCUT2D eigenvalue weighted by atomic mass is 19.2. The number of nitrogens with one attached hydrogen (secondary N) is 1. The largest absolute Gasteiger partial charge is 0.462 e. The summed E-state index contributed by atoms with van der Waals surface area (Å²) in [6.07, 6.45) is -0.191. The first kappa shape index (κ1) is 20.4. The molecule has 10 heteroatoms. The molecule has 27 heavy (non-hydrogen) atoms. The number of halogens is 4. The molecule has 1 fully saturated rings. The summed E-state index contributed by atoms with van der Waals surface area (Å²) in [6.45, 7) is 2.14. The molecule has 1 aliphatic carbocycles. The number of carbonyl (C=O) groups is 3. The van der Waals surface area contributed by atoms with Gasteiger partial charge in [-0.25, -0.2) is 18.0 Å². The average Bonchev–Trinajstić information content (AvgIpc) is 3.30. The van der Waals surface area contributed by atoms with Crippen molar-refractivity contribution in [1.29, 1.82) is 0 Å². The van der Waals surface area contributed by atoms with E-state index in [-0.39, 0.29) is 19.1 Å². The van der Waals surface area contributed by atoms with Crippen molar-refractivity contribution in [2.75, 3.05) is 6.61 Å². The van der Waals surface area contributed by atoms with Gasteiger partial charge in [0.2, 0.25) is 17.3 Å². The maximum atomic E-state index is 14.4. The number of Topliss-reactive ketones (excluding diaryl/α,β-unsaturated/α-hetero) is 1. The van der Waals surface area contributed by atoms with E-state index in [9.17, 15) is 31.9 Å². The van der Waals surface area contributed by atoms with Gasteiger partial charge in [-0.05, 0) is 13.0 Å². The number of rotatable bonds is 7. The van der Waals surface area contributed by atoms with Crippen molar-refractivity contribution in [1.82, 2.24) is 5.32 Å². The lowest BCUT2D eigenvalue weighted by molar-refractivity contribution is -0.138. The van der Waals surface area contributed by atoms with Gasteiger partial charge in [-0.2, -0.15) is 4.39 Å². The van der Waals surface area contributed by atoms with Gasteiger partial charge < -0.3 is 14.8 Å². The molecule has 0 spiro atoms. The van der Waals surface area contributed by atoms with Crippen LogP contribution in [0.2, 0.25) is 0 Å². The van der Waals surface area contributed by atoms with Crippen LogP contribution in [0.25, 0.3) is 0 Å². The molecule has 0 aliphatic heterocycles. The molecule has 1 aliphatic rings.